The molecule has 124 valence electrons. The van der Waals surface area contributed by atoms with Crippen LogP contribution in [-0.2, 0) is 11.2 Å². The van der Waals surface area contributed by atoms with Crippen LogP contribution < -0.4 is 4.90 Å². The Kier molecular flexibility index (Phi) is 5.67. The zero-order chi connectivity index (χ0) is 16.2. The average molecular weight is 396 g/mol. The van der Waals surface area contributed by atoms with Crippen LogP contribution in [0.4, 0.5) is 5.13 Å². The SMILES string of the molecule is COCCc1nsc(N2CCC(c3ccc(Br)c(C)c3)CC2)n1. The number of anilines is 1. The number of aromatic nitrogens is 2. The minimum atomic E-state index is 0.652. The quantitative estimate of drug-likeness (QED) is 0.760. The highest BCUT2D eigenvalue weighted by molar-refractivity contribution is 9.10. The fourth-order valence-corrected chi connectivity index (χ4v) is 4.00. The molecule has 0 aliphatic carbocycles. The number of nitrogens with zero attached hydrogens (tertiary/aromatic N) is 3. The average Bonchev–Trinajstić information content (AvgIpc) is 3.04. The molecule has 2 aromatic rings. The molecular formula is C17H22BrN3OS. The second-order valence-corrected chi connectivity index (χ2v) is 7.59. The van der Waals surface area contributed by atoms with Gasteiger partial charge in [0, 0.05) is 42.6 Å². The molecule has 0 saturated carbocycles. The molecule has 0 spiro atoms. The van der Waals surface area contributed by atoms with E-state index in [4.69, 9.17) is 4.74 Å². The number of benzene rings is 1. The van der Waals surface area contributed by atoms with Crippen LogP contribution in [0, 0.1) is 6.92 Å². The normalized spacial score (nSPS) is 16.0. The molecule has 1 saturated heterocycles. The molecule has 0 unspecified atom stereocenters. The molecule has 4 nitrogen and oxygen atoms in total. The lowest BCUT2D eigenvalue weighted by molar-refractivity contribution is 0.201. The van der Waals surface area contributed by atoms with E-state index in [2.05, 4.69) is 55.3 Å². The Labute approximate surface area is 150 Å². The van der Waals surface area contributed by atoms with Gasteiger partial charge in [0.15, 0.2) is 0 Å². The fourth-order valence-electron chi connectivity index (χ4n) is 2.99. The minimum Gasteiger partial charge on any atom is -0.384 e. The molecule has 23 heavy (non-hydrogen) atoms. The number of ether oxygens (including phenoxy) is 1. The number of hydrogen-bond acceptors (Lipinski definition) is 5. The molecule has 0 atom stereocenters. The van der Waals surface area contributed by atoms with Crippen LogP contribution in [0.25, 0.3) is 0 Å². The minimum absolute atomic E-state index is 0.652. The van der Waals surface area contributed by atoms with Gasteiger partial charge < -0.3 is 9.64 Å². The lowest BCUT2D eigenvalue weighted by Crippen LogP contribution is -2.32. The molecule has 6 heteroatoms. The van der Waals surface area contributed by atoms with Gasteiger partial charge in [-0.15, -0.1) is 0 Å². The Morgan fingerprint density at radius 2 is 2.13 bits per heavy atom. The van der Waals surface area contributed by atoms with Crippen molar-refractivity contribution < 1.29 is 4.74 Å². The Balaban J connectivity index is 1.59. The van der Waals surface area contributed by atoms with Crippen molar-refractivity contribution in [3.05, 3.63) is 39.6 Å². The first kappa shape index (κ1) is 16.9. The summed E-state index contributed by atoms with van der Waals surface area (Å²) in [6, 6.07) is 6.74. The van der Waals surface area contributed by atoms with Crippen LogP contribution in [-0.4, -0.2) is 36.2 Å². The maximum absolute atomic E-state index is 5.09. The molecule has 1 aliphatic rings. The molecular weight excluding hydrogens is 374 g/mol. The molecule has 0 radical (unpaired) electrons. The van der Waals surface area contributed by atoms with E-state index in [0.717, 1.165) is 30.5 Å². The molecule has 1 aromatic heterocycles. The Morgan fingerprint density at radius 3 is 2.83 bits per heavy atom. The summed E-state index contributed by atoms with van der Waals surface area (Å²) in [6.45, 7) is 4.95. The van der Waals surface area contributed by atoms with Crippen molar-refractivity contribution in [2.45, 2.75) is 32.1 Å². The van der Waals surface area contributed by atoms with Gasteiger partial charge in [-0.2, -0.15) is 4.37 Å². The monoisotopic (exact) mass is 395 g/mol. The second kappa shape index (κ2) is 7.73. The largest absolute Gasteiger partial charge is 0.384 e. The molecule has 1 aliphatic heterocycles. The first-order valence-electron chi connectivity index (χ1n) is 8.00. The summed E-state index contributed by atoms with van der Waals surface area (Å²) in [5.41, 5.74) is 2.78. The van der Waals surface area contributed by atoms with Gasteiger partial charge in [0.25, 0.3) is 0 Å². The van der Waals surface area contributed by atoms with Gasteiger partial charge in [0.05, 0.1) is 6.61 Å². The van der Waals surface area contributed by atoms with E-state index in [0.29, 0.717) is 12.5 Å². The Bertz CT molecular complexity index is 653. The van der Waals surface area contributed by atoms with Gasteiger partial charge >= 0.3 is 0 Å². The number of methoxy groups -OCH3 is 1. The highest BCUT2D eigenvalue weighted by Crippen LogP contribution is 2.32. The lowest BCUT2D eigenvalue weighted by atomic mass is 9.89. The fraction of sp³-hybridized carbons (Fsp3) is 0.529. The van der Waals surface area contributed by atoms with Crippen LogP contribution >= 0.6 is 27.5 Å². The standard InChI is InChI=1S/C17H22BrN3OS/c1-12-11-14(3-4-15(12)18)13-5-8-21(9-6-13)17-19-16(20-23-17)7-10-22-2/h3-4,11,13H,5-10H2,1-2H3. The molecule has 1 fully saturated rings. The summed E-state index contributed by atoms with van der Waals surface area (Å²) >= 11 is 5.09. The van der Waals surface area contributed by atoms with Crippen molar-refractivity contribution in [3.63, 3.8) is 0 Å². The third-order valence-corrected chi connectivity index (χ3v) is 6.11. The van der Waals surface area contributed by atoms with Crippen molar-refractivity contribution in [3.8, 4) is 0 Å². The van der Waals surface area contributed by atoms with Crippen LogP contribution in [0.1, 0.15) is 35.7 Å². The maximum Gasteiger partial charge on any atom is 0.205 e. The number of hydrogen-bond donors (Lipinski definition) is 0. The van der Waals surface area contributed by atoms with Crippen molar-refractivity contribution in [2.24, 2.45) is 0 Å². The number of aryl methyl sites for hydroxylation is 1. The Morgan fingerprint density at radius 1 is 1.35 bits per heavy atom. The van der Waals surface area contributed by atoms with E-state index in [-0.39, 0.29) is 0 Å². The van der Waals surface area contributed by atoms with Gasteiger partial charge in [0.1, 0.15) is 5.82 Å². The van der Waals surface area contributed by atoms with Crippen molar-refractivity contribution in [2.75, 3.05) is 31.7 Å². The highest BCUT2D eigenvalue weighted by atomic mass is 79.9. The summed E-state index contributed by atoms with van der Waals surface area (Å²) in [7, 11) is 1.71. The molecule has 0 amide bonds. The molecule has 0 bridgehead atoms. The van der Waals surface area contributed by atoms with E-state index >= 15 is 0 Å². The third-order valence-electron chi connectivity index (χ3n) is 4.41. The second-order valence-electron chi connectivity index (χ2n) is 6.01. The first-order chi connectivity index (χ1) is 11.2. The van der Waals surface area contributed by atoms with Crippen LogP contribution in [0.3, 0.4) is 0 Å². The number of halogens is 1. The number of rotatable bonds is 5. The summed E-state index contributed by atoms with van der Waals surface area (Å²) in [5.74, 6) is 1.55. The molecule has 3 rings (SSSR count). The van der Waals surface area contributed by atoms with Gasteiger partial charge in [-0.25, -0.2) is 4.98 Å². The maximum atomic E-state index is 5.09. The lowest BCUT2D eigenvalue weighted by Gasteiger charge is -2.31. The summed E-state index contributed by atoms with van der Waals surface area (Å²) in [6.07, 6.45) is 3.14. The first-order valence-corrected chi connectivity index (χ1v) is 9.56. The van der Waals surface area contributed by atoms with Gasteiger partial charge in [-0.05, 0) is 42.9 Å². The van der Waals surface area contributed by atoms with Crippen LogP contribution in [0.5, 0.6) is 0 Å². The van der Waals surface area contributed by atoms with Gasteiger partial charge in [0.2, 0.25) is 5.13 Å². The Hall–Kier alpha value is -0.980. The van der Waals surface area contributed by atoms with Crippen molar-refractivity contribution in [1.29, 1.82) is 0 Å². The summed E-state index contributed by atoms with van der Waals surface area (Å²) in [4.78, 5) is 7.01. The molecule has 1 aromatic carbocycles. The van der Waals surface area contributed by atoms with Crippen molar-refractivity contribution in [1.82, 2.24) is 9.36 Å². The van der Waals surface area contributed by atoms with E-state index in [1.54, 1.807) is 7.11 Å². The van der Waals surface area contributed by atoms with Crippen LogP contribution in [0.2, 0.25) is 0 Å². The summed E-state index contributed by atoms with van der Waals surface area (Å²) < 4.78 is 10.7. The summed E-state index contributed by atoms with van der Waals surface area (Å²) in [5, 5.41) is 1.06. The van der Waals surface area contributed by atoms with Gasteiger partial charge in [-0.1, -0.05) is 28.1 Å². The topological polar surface area (TPSA) is 38.2 Å². The smallest absolute Gasteiger partial charge is 0.205 e. The highest BCUT2D eigenvalue weighted by Gasteiger charge is 2.23. The van der Waals surface area contributed by atoms with E-state index < -0.39 is 0 Å². The zero-order valence-electron chi connectivity index (χ0n) is 13.6. The van der Waals surface area contributed by atoms with E-state index in [1.807, 2.05) is 0 Å². The van der Waals surface area contributed by atoms with Gasteiger partial charge in [-0.3, -0.25) is 0 Å². The zero-order valence-corrected chi connectivity index (χ0v) is 16.0. The predicted octanol–water partition coefficient (Wildman–Crippen LogP) is 4.18. The predicted molar refractivity (Wildman–Crippen MR) is 98.6 cm³/mol. The van der Waals surface area contributed by atoms with E-state index in [9.17, 15) is 0 Å². The van der Waals surface area contributed by atoms with Crippen molar-refractivity contribution >= 4 is 32.6 Å². The van der Waals surface area contributed by atoms with E-state index in [1.165, 1.54) is 40.0 Å². The molecule has 2 heterocycles. The third kappa shape index (κ3) is 4.11. The molecule has 0 N–H and O–H groups in total. The number of piperidine rings is 1. The van der Waals surface area contributed by atoms with Crippen LogP contribution in [0.15, 0.2) is 22.7 Å².